The van der Waals surface area contributed by atoms with Crippen LogP contribution in [0, 0.1) is 19.8 Å². The van der Waals surface area contributed by atoms with Gasteiger partial charge in [0.15, 0.2) is 5.76 Å². The molecule has 0 bridgehead atoms. The lowest BCUT2D eigenvalue weighted by molar-refractivity contribution is 0.393. The van der Waals surface area contributed by atoms with Crippen molar-refractivity contribution in [3.8, 4) is 17.1 Å². The quantitative estimate of drug-likeness (QED) is 0.925. The molecule has 108 valence electrons. The first-order valence-electron chi connectivity index (χ1n) is 6.81. The fraction of sp³-hybridized carbons (Fsp3) is 0.438. The summed E-state index contributed by atoms with van der Waals surface area (Å²) >= 11 is 0. The van der Waals surface area contributed by atoms with Crippen LogP contribution in [0.3, 0.4) is 0 Å². The Balaban J connectivity index is 2.40. The van der Waals surface area contributed by atoms with Crippen molar-refractivity contribution in [3.63, 3.8) is 0 Å². The van der Waals surface area contributed by atoms with Crippen LogP contribution < -0.4 is 10.5 Å². The third kappa shape index (κ3) is 2.70. The van der Waals surface area contributed by atoms with Gasteiger partial charge in [0.2, 0.25) is 5.89 Å². The minimum Gasteiger partial charge on any atom is -0.496 e. The van der Waals surface area contributed by atoms with Crippen LogP contribution in [0.1, 0.15) is 36.9 Å². The second kappa shape index (κ2) is 5.67. The average molecular weight is 274 g/mol. The number of nitrogens with two attached hydrogens (primary N) is 1. The molecule has 0 amide bonds. The van der Waals surface area contributed by atoms with Crippen molar-refractivity contribution in [1.82, 2.24) is 4.98 Å². The Morgan fingerprint density at radius 2 is 1.90 bits per heavy atom. The highest BCUT2D eigenvalue weighted by molar-refractivity contribution is 5.64. The summed E-state index contributed by atoms with van der Waals surface area (Å²) in [4.78, 5) is 4.30. The Bertz CT molecular complexity index is 603. The summed E-state index contributed by atoms with van der Waals surface area (Å²) in [6.07, 6.45) is 1.74. The molecule has 4 nitrogen and oxygen atoms in total. The molecule has 0 aliphatic rings. The molecule has 0 radical (unpaired) electrons. The molecule has 1 atom stereocenters. The van der Waals surface area contributed by atoms with Crippen LogP contribution in [0.2, 0.25) is 0 Å². The van der Waals surface area contributed by atoms with E-state index in [1.165, 1.54) is 0 Å². The Morgan fingerprint density at radius 3 is 2.50 bits per heavy atom. The van der Waals surface area contributed by atoms with E-state index in [0.717, 1.165) is 28.2 Å². The molecule has 0 fully saturated rings. The van der Waals surface area contributed by atoms with E-state index in [9.17, 15) is 0 Å². The summed E-state index contributed by atoms with van der Waals surface area (Å²) in [5, 5.41) is 0. The molecular weight excluding hydrogens is 252 g/mol. The van der Waals surface area contributed by atoms with Gasteiger partial charge in [-0.3, -0.25) is 0 Å². The van der Waals surface area contributed by atoms with Crippen molar-refractivity contribution >= 4 is 0 Å². The van der Waals surface area contributed by atoms with E-state index < -0.39 is 0 Å². The van der Waals surface area contributed by atoms with E-state index in [1.54, 1.807) is 13.3 Å². The Kier molecular flexibility index (Phi) is 4.14. The van der Waals surface area contributed by atoms with E-state index in [0.29, 0.717) is 11.8 Å². The number of oxazole rings is 1. The van der Waals surface area contributed by atoms with Crippen LogP contribution >= 0.6 is 0 Å². The fourth-order valence-corrected chi connectivity index (χ4v) is 2.13. The molecule has 1 heterocycles. The number of rotatable bonds is 4. The zero-order chi connectivity index (χ0) is 14.9. The molecular formula is C16H22N2O2. The number of hydrogen-bond donors (Lipinski definition) is 1. The molecule has 0 spiro atoms. The second-order valence-electron chi connectivity index (χ2n) is 5.47. The van der Waals surface area contributed by atoms with E-state index in [-0.39, 0.29) is 6.04 Å². The highest BCUT2D eigenvalue weighted by Gasteiger charge is 2.18. The number of benzene rings is 1. The van der Waals surface area contributed by atoms with Gasteiger partial charge in [-0.15, -0.1) is 0 Å². The Hall–Kier alpha value is -1.81. The number of nitrogens with zero attached hydrogens (tertiary/aromatic N) is 1. The maximum absolute atomic E-state index is 6.07. The van der Waals surface area contributed by atoms with Gasteiger partial charge in [-0.1, -0.05) is 13.8 Å². The van der Waals surface area contributed by atoms with Gasteiger partial charge < -0.3 is 14.9 Å². The minimum absolute atomic E-state index is 0.177. The molecule has 0 saturated heterocycles. The van der Waals surface area contributed by atoms with Crippen LogP contribution in [0.5, 0.6) is 5.75 Å². The van der Waals surface area contributed by atoms with Crippen LogP contribution in [-0.4, -0.2) is 12.1 Å². The van der Waals surface area contributed by atoms with E-state index in [4.69, 9.17) is 14.9 Å². The molecule has 0 aliphatic carbocycles. The van der Waals surface area contributed by atoms with Crippen LogP contribution in [0.4, 0.5) is 0 Å². The predicted octanol–water partition coefficient (Wildman–Crippen LogP) is 3.62. The van der Waals surface area contributed by atoms with Gasteiger partial charge in [-0.2, -0.15) is 0 Å². The van der Waals surface area contributed by atoms with Crippen LogP contribution in [-0.2, 0) is 0 Å². The molecule has 1 aromatic carbocycles. The molecule has 1 aromatic heterocycles. The monoisotopic (exact) mass is 274 g/mol. The predicted molar refractivity (Wildman–Crippen MR) is 79.7 cm³/mol. The highest BCUT2D eigenvalue weighted by Crippen LogP contribution is 2.31. The van der Waals surface area contributed by atoms with Gasteiger partial charge in [0.1, 0.15) is 5.75 Å². The molecule has 2 N–H and O–H groups in total. The zero-order valence-electron chi connectivity index (χ0n) is 12.7. The molecule has 0 aliphatic heterocycles. The normalized spacial score (nSPS) is 12.8. The van der Waals surface area contributed by atoms with Crippen molar-refractivity contribution in [2.75, 3.05) is 7.11 Å². The number of ether oxygens (including phenoxy) is 1. The molecule has 20 heavy (non-hydrogen) atoms. The maximum Gasteiger partial charge on any atom is 0.212 e. The van der Waals surface area contributed by atoms with Gasteiger partial charge in [-0.25, -0.2) is 4.98 Å². The van der Waals surface area contributed by atoms with E-state index in [1.807, 2.05) is 19.9 Å². The van der Waals surface area contributed by atoms with Crippen LogP contribution in [0.25, 0.3) is 11.3 Å². The molecule has 1 unspecified atom stereocenters. The lowest BCUT2D eigenvalue weighted by atomic mass is 10.0. The first-order valence-corrected chi connectivity index (χ1v) is 6.81. The van der Waals surface area contributed by atoms with Crippen molar-refractivity contribution in [1.29, 1.82) is 0 Å². The third-order valence-electron chi connectivity index (χ3n) is 3.53. The summed E-state index contributed by atoms with van der Waals surface area (Å²) in [6, 6.07) is 3.89. The topological polar surface area (TPSA) is 61.3 Å². The lowest BCUT2D eigenvalue weighted by Crippen LogP contribution is -2.16. The SMILES string of the molecule is COc1cc(C)c(-c2cnc(C(N)C(C)C)o2)cc1C. The second-order valence-corrected chi connectivity index (χ2v) is 5.47. The molecule has 2 rings (SSSR count). The zero-order valence-corrected chi connectivity index (χ0v) is 12.7. The smallest absolute Gasteiger partial charge is 0.212 e. The summed E-state index contributed by atoms with van der Waals surface area (Å²) in [5.41, 5.74) is 9.25. The van der Waals surface area contributed by atoms with Gasteiger partial charge in [-0.05, 0) is 43.0 Å². The Morgan fingerprint density at radius 1 is 1.20 bits per heavy atom. The molecule has 2 aromatic rings. The molecule has 4 heteroatoms. The average Bonchev–Trinajstić information content (AvgIpc) is 2.89. The van der Waals surface area contributed by atoms with Crippen molar-refractivity contribution < 1.29 is 9.15 Å². The summed E-state index contributed by atoms with van der Waals surface area (Å²) in [7, 11) is 1.68. The lowest BCUT2D eigenvalue weighted by Gasteiger charge is -2.11. The van der Waals surface area contributed by atoms with Gasteiger partial charge in [0, 0.05) is 5.56 Å². The van der Waals surface area contributed by atoms with Crippen molar-refractivity contribution in [2.45, 2.75) is 33.7 Å². The minimum atomic E-state index is -0.177. The number of aryl methyl sites for hydroxylation is 2. The maximum atomic E-state index is 6.07. The van der Waals surface area contributed by atoms with E-state index >= 15 is 0 Å². The first-order chi connectivity index (χ1) is 9.43. The number of aromatic nitrogens is 1. The van der Waals surface area contributed by atoms with Gasteiger partial charge in [0.25, 0.3) is 0 Å². The van der Waals surface area contributed by atoms with Crippen LogP contribution in [0.15, 0.2) is 22.7 Å². The number of hydrogen-bond acceptors (Lipinski definition) is 4. The van der Waals surface area contributed by atoms with E-state index in [2.05, 4.69) is 24.9 Å². The third-order valence-corrected chi connectivity index (χ3v) is 3.53. The standard InChI is InChI=1S/C16H22N2O2/c1-9(2)15(17)16-18-8-14(20-16)12-6-11(4)13(19-5)7-10(12)3/h6-9,15H,17H2,1-5H3. The fourth-order valence-electron chi connectivity index (χ4n) is 2.13. The number of methoxy groups -OCH3 is 1. The van der Waals surface area contributed by atoms with Crippen molar-refractivity contribution in [3.05, 3.63) is 35.3 Å². The largest absolute Gasteiger partial charge is 0.496 e. The first kappa shape index (κ1) is 14.6. The Labute approximate surface area is 120 Å². The van der Waals surface area contributed by atoms with Gasteiger partial charge in [0.05, 0.1) is 19.3 Å². The van der Waals surface area contributed by atoms with Crippen molar-refractivity contribution in [2.24, 2.45) is 11.7 Å². The van der Waals surface area contributed by atoms with Gasteiger partial charge >= 0.3 is 0 Å². The summed E-state index contributed by atoms with van der Waals surface area (Å²) in [6.45, 7) is 8.15. The highest BCUT2D eigenvalue weighted by atomic mass is 16.5. The summed E-state index contributed by atoms with van der Waals surface area (Å²) in [5.74, 6) is 2.51. The summed E-state index contributed by atoms with van der Waals surface area (Å²) < 4.78 is 11.2. The molecule has 0 saturated carbocycles.